The molecule has 0 bridgehead atoms. The fraction of sp³-hybridized carbons (Fsp3) is 0.533. The SMILES string of the molecule is COc1cc(C(=O)OCC2CCCCC2)ccc1N. The molecular weight excluding hydrogens is 242 g/mol. The zero-order valence-electron chi connectivity index (χ0n) is 11.4. The quantitative estimate of drug-likeness (QED) is 0.670. The van der Waals surface area contributed by atoms with Crippen LogP contribution in [0.3, 0.4) is 0 Å². The van der Waals surface area contributed by atoms with Gasteiger partial charge in [0.15, 0.2) is 0 Å². The number of ether oxygens (including phenoxy) is 2. The number of benzene rings is 1. The molecule has 0 atom stereocenters. The van der Waals surface area contributed by atoms with Gasteiger partial charge in [-0.2, -0.15) is 0 Å². The van der Waals surface area contributed by atoms with E-state index in [0.29, 0.717) is 29.5 Å². The Kier molecular flexibility index (Phi) is 4.66. The van der Waals surface area contributed by atoms with E-state index in [9.17, 15) is 4.79 Å². The average Bonchev–Trinajstić information content (AvgIpc) is 2.46. The highest BCUT2D eigenvalue weighted by Gasteiger charge is 2.16. The molecule has 2 N–H and O–H groups in total. The number of anilines is 1. The molecule has 1 aromatic carbocycles. The van der Waals surface area contributed by atoms with Gasteiger partial charge in [-0.3, -0.25) is 0 Å². The number of hydrogen-bond acceptors (Lipinski definition) is 4. The predicted octanol–water partition coefficient (Wildman–Crippen LogP) is 3.01. The van der Waals surface area contributed by atoms with E-state index in [0.717, 1.165) is 0 Å². The Bertz CT molecular complexity index is 439. The first-order valence-corrected chi connectivity index (χ1v) is 6.81. The molecule has 1 saturated carbocycles. The smallest absolute Gasteiger partial charge is 0.338 e. The van der Waals surface area contributed by atoms with Gasteiger partial charge in [0.25, 0.3) is 0 Å². The molecule has 4 nitrogen and oxygen atoms in total. The Labute approximate surface area is 113 Å². The lowest BCUT2D eigenvalue weighted by Gasteiger charge is -2.21. The van der Waals surface area contributed by atoms with Gasteiger partial charge in [-0.1, -0.05) is 19.3 Å². The van der Waals surface area contributed by atoms with Crippen LogP contribution in [-0.4, -0.2) is 19.7 Å². The topological polar surface area (TPSA) is 61.5 Å². The van der Waals surface area contributed by atoms with Crippen LogP contribution in [0.4, 0.5) is 5.69 Å². The van der Waals surface area contributed by atoms with Crippen molar-refractivity contribution in [3.8, 4) is 5.75 Å². The fourth-order valence-corrected chi connectivity index (χ4v) is 2.47. The summed E-state index contributed by atoms with van der Waals surface area (Å²) >= 11 is 0. The maximum atomic E-state index is 11.9. The molecule has 104 valence electrons. The average molecular weight is 263 g/mol. The molecule has 19 heavy (non-hydrogen) atoms. The Hall–Kier alpha value is -1.71. The van der Waals surface area contributed by atoms with E-state index in [4.69, 9.17) is 15.2 Å². The fourth-order valence-electron chi connectivity index (χ4n) is 2.47. The summed E-state index contributed by atoms with van der Waals surface area (Å²) in [5.74, 6) is 0.726. The second-order valence-electron chi connectivity index (χ2n) is 5.06. The number of nitrogen functional groups attached to an aromatic ring is 1. The van der Waals surface area contributed by atoms with Crippen LogP contribution in [-0.2, 0) is 4.74 Å². The first-order chi connectivity index (χ1) is 9.20. The van der Waals surface area contributed by atoms with Crippen molar-refractivity contribution >= 4 is 11.7 Å². The third kappa shape index (κ3) is 3.63. The predicted molar refractivity (Wildman–Crippen MR) is 74.3 cm³/mol. The van der Waals surface area contributed by atoms with Gasteiger partial charge >= 0.3 is 5.97 Å². The minimum atomic E-state index is -0.302. The van der Waals surface area contributed by atoms with Crippen LogP contribution >= 0.6 is 0 Å². The highest BCUT2D eigenvalue weighted by Crippen LogP contribution is 2.25. The number of methoxy groups -OCH3 is 1. The molecule has 1 aliphatic carbocycles. The van der Waals surface area contributed by atoms with Gasteiger partial charge in [0.2, 0.25) is 0 Å². The third-order valence-electron chi connectivity index (χ3n) is 3.64. The molecule has 0 spiro atoms. The molecule has 0 radical (unpaired) electrons. The van der Waals surface area contributed by atoms with Crippen LogP contribution in [0.25, 0.3) is 0 Å². The summed E-state index contributed by atoms with van der Waals surface area (Å²) in [6, 6.07) is 4.95. The van der Waals surface area contributed by atoms with E-state index in [1.54, 1.807) is 18.2 Å². The van der Waals surface area contributed by atoms with E-state index in [-0.39, 0.29) is 5.97 Å². The van der Waals surface area contributed by atoms with E-state index in [2.05, 4.69) is 0 Å². The number of hydrogen-bond donors (Lipinski definition) is 1. The van der Waals surface area contributed by atoms with Crippen LogP contribution in [0.5, 0.6) is 5.75 Å². The second kappa shape index (κ2) is 6.45. The van der Waals surface area contributed by atoms with Crippen molar-refractivity contribution in [2.75, 3.05) is 19.5 Å². The number of carbonyl (C=O) groups is 1. The molecule has 1 aliphatic rings. The van der Waals surface area contributed by atoms with Gasteiger partial charge < -0.3 is 15.2 Å². The molecule has 1 fully saturated rings. The van der Waals surface area contributed by atoms with Gasteiger partial charge in [0.1, 0.15) is 5.75 Å². The highest BCUT2D eigenvalue weighted by atomic mass is 16.5. The van der Waals surface area contributed by atoms with Crippen LogP contribution in [0, 0.1) is 5.92 Å². The van der Waals surface area contributed by atoms with Crippen molar-refractivity contribution in [1.82, 2.24) is 0 Å². The largest absolute Gasteiger partial charge is 0.495 e. The lowest BCUT2D eigenvalue weighted by molar-refractivity contribution is 0.0410. The summed E-state index contributed by atoms with van der Waals surface area (Å²) in [7, 11) is 1.53. The van der Waals surface area contributed by atoms with Crippen molar-refractivity contribution in [3.63, 3.8) is 0 Å². The van der Waals surface area contributed by atoms with E-state index >= 15 is 0 Å². The van der Waals surface area contributed by atoms with Gasteiger partial charge in [0, 0.05) is 0 Å². The van der Waals surface area contributed by atoms with Crippen molar-refractivity contribution in [1.29, 1.82) is 0 Å². The van der Waals surface area contributed by atoms with Gasteiger partial charge in [-0.15, -0.1) is 0 Å². The monoisotopic (exact) mass is 263 g/mol. The number of esters is 1. The molecule has 0 saturated heterocycles. The summed E-state index contributed by atoms with van der Waals surface area (Å²) in [6.45, 7) is 0.519. The van der Waals surface area contributed by atoms with Gasteiger partial charge in [-0.25, -0.2) is 4.79 Å². The molecule has 1 aromatic rings. The van der Waals surface area contributed by atoms with Crippen LogP contribution in [0.1, 0.15) is 42.5 Å². The van der Waals surface area contributed by atoms with Crippen molar-refractivity contribution in [3.05, 3.63) is 23.8 Å². The Morgan fingerprint density at radius 3 is 2.74 bits per heavy atom. The summed E-state index contributed by atoms with van der Waals surface area (Å²) < 4.78 is 10.5. The van der Waals surface area contributed by atoms with Crippen molar-refractivity contribution in [2.45, 2.75) is 32.1 Å². The molecule has 0 amide bonds. The van der Waals surface area contributed by atoms with Crippen LogP contribution < -0.4 is 10.5 Å². The van der Waals surface area contributed by atoms with Gasteiger partial charge in [-0.05, 0) is 37.0 Å². The normalized spacial score (nSPS) is 16.1. The first kappa shape index (κ1) is 13.7. The maximum absolute atomic E-state index is 11.9. The standard InChI is InChI=1S/C15H21NO3/c1-18-14-9-12(7-8-13(14)16)15(17)19-10-11-5-3-2-4-6-11/h7-9,11H,2-6,10,16H2,1H3. The Morgan fingerprint density at radius 1 is 1.32 bits per heavy atom. The summed E-state index contributed by atoms with van der Waals surface area (Å²) in [5.41, 5.74) is 6.72. The molecule has 0 unspecified atom stereocenters. The second-order valence-corrected chi connectivity index (χ2v) is 5.06. The molecule has 0 aromatic heterocycles. The number of carbonyl (C=O) groups excluding carboxylic acids is 1. The molecular formula is C15H21NO3. The number of nitrogens with two attached hydrogens (primary N) is 1. The third-order valence-corrected chi connectivity index (χ3v) is 3.64. The zero-order chi connectivity index (χ0) is 13.7. The molecule has 0 aliphatic heterocycles. The summed E-state index contributed by atoms with van der Waals surface area (Å²) in [4.78, 5) is 11.9. The lowest BCUT2D eigenvalue weighted by Crippen LogP contribution is -2.16. The molecule has 2 rings (SSSR count). The summed E-state index contributed by atoms with van der Waals surface area (Å²) in [5, 5.41) is 0. The lowest BCUT2D eigenvalue weighted by atomic mass is 9.90. The van der Waals surface area contributed by atoms with Crippen LogP contribution in [0.15, 0.2) is 18.2 Å². The maximum Gasteiger partial charge on any atom is 0.338 e. The van der Waals surface area contributed by atoms with E-state index in [1.165, 1.54) is 39.2 Å². The van der Waals surface area contributed by atoms with Crippen molar-refractivity contribution < 1.29 is 14.3 Å². The molecule has 4 heteroatoms. The minimum Gasteiger partial charge on any atom is -0.495 e. The molecule has 0 heterocycles. The van der Waals surface area contributed by atoms with Gasteiger partial charge in [0.05, 0.1) is 25.0 Å². The summed E-state index contributed by atoms with van der Waals surface area (Å²) in [6.07, 6.45) is 6.13. The highest BCUT2D eigenvalue weighted by molar-refractivity contribution is 5.90. The Morgan fingerprint density at radius 2 is 2.05 bits per heavy atom. The minimum absolute atomic E-state index is 0.302. The van der Waals surface area contributed by atoms with Crippen molar-refractivity contribution in [2.24, 2.45) is 5.92 Å². The van der Waals surface area contributed by atoms with E-state index in [1.807, 2.05) is 0 Å². The van der Waals surface area contributed by atoms with E-state index < -0.39 is 0 Å². The first-order valence-electron chi connectivity index (χ1n) is 6.81. The Balaban J connectivity index is 1.92. The zero-order valence-corrected chi connectivity index (χ0v) is 11.4. The number of rotatable bonds is 4. The van der Waals surface area contributed by atoms with Crippen LogP contribution in [0.2, 0.25) is 0 Å².